The summed E-state index contributed by atoms with van der Waals surface area (Å²) >= 11 is 1.34. The van der Waals surface area contributed by atoms with E-state index < -0.39 is 0 Å². The Balaban J connectivity index is 1.74. The van der Waals surface area contributed by atoms with Crippen LogP contribution >= 0.6 is 11.8 Å². The van der Waals surface area contributed by atoms with Crippen molar-refractivity contribution in [3.63, 3.8) is 0 Å². The fraction of sp³-hybridized carbons (Fsp3) is 0.167. The van der Waals surface area contributed by atoms with Gasteiger partial charge in [-0.3, -0.25) is 19.3 Å². The van der Waals surface area contributed by atoms with Crippen LogP contribution in [0, 0.1) is 11.3 Å². The van der Waals surface area contributed by atoms with E-state index in [9.17, 15) is 9.59 Å². The third-order valence-electron chi connectivity index (χ3n) is 4.16. The first kappa shape index (κ1) is 17.1. The van der Waals surface area contributed by atoms with Crippen molar-refractivity contribution < 1.29 is 0 Å². The number of nitrogens with zero attached hydrogens (tertiary/aromatic N) is 5. The summed E-state index contributed by atoms with van der Waals surface area (Å²) in [6.45, 7) is 2.38. The van der Waals surface area contributed by atoms with Gasteiger partial charge in [0.05, 0.1) is 16.6 Å². The molecule has 27 heavy (non-hydrogen) atoms. The molecule has 0 amide bonds. The van der Waals surface area contributed by atoms with Crippen molar-refractivity contribution in [1.29, 1.82) is 5.26 Å². The highest BCUT2D eigenvalue weighted by Gasteiger charge is 2.13. The molecule has 0 fully saturated rings. The summed E-state index contributed by atoms with van der Waals surface area (Å²) in [5.74, 6) is 0.354. The Kier molecular flexibility index (Phi) is 4.25. The first-order chi connectivity index (χ1) is 13.1. The predicted octanol–water partition coefficient (Wildman–Crippen LogP) is 1.92. The molecule has 0 bridgehead atoms. The number of para-hydroxylation sites is 1. The first-order valence-corrected chi connectivity index (χ1v) is 9.23. The second-order valence-electron chi connectivity index (χ2n) is 5.79. The van der Waals surface area contributed by atoms with Gasteiger partial charge in [-0.2, -0.15) is 5.26 Å². The zero-order valence-electron chi connectivity index (χ0n) is 14.3. The zero-order valence-corrected chi connectivity index (χ0v) is 15.2. The average molecular weight is 378 g/mol. The fourth-order valence-electron chi connectivity index (χ4n) is 2.86. The molecule has 0 radical (unpaired) electrons. The van der Waals surface area contributed by atoms with E-state index in [-0.39, 0.29) is 11.1 Å². The highest BCUT2D eigenvalue weighted by atomic mass is 32.2. The molecule has 3 heterocycles. The molecule has 8 nitrogen and oxygen atoms in total. The minimum Gasteiger partial charge on any atom is -0.295 e. The van der Waals surface area contributed by atoms with E-state index in [2.05, 4.69) is 15.1 Å². The summed E-state index contributed by atoms with van der Waals surface area (Å²) < 4.78 is 2.83. The highest BCUT2D eigenvalue weighted by Crippen LogP contribution is 2.21. The van der Waals surface area contributed by atoms with Gasteiger partial charge in [0.15, 0.2) is 10.8 Å². The lowest BCUT2D eigenvalue weighted by molar-refractivity contribution is 0.634. The number of hydrogen-bond donors (Lipinski definition) is 1. The van der Waals surface area contributed by atoms with Gasteiger partial charge >= 0.3 is 0 Å². The minimum atomic E-state index is -0.295. The Morgan fingerprint density at radius 2 is 2.07 bits per heavy atom. The van der Waals surface area contributed by atoms with Crippen LogP contribution in [0.25, 0.3) is 16.6 Å². The number of thioether (sulfide) groups is 1. The van der Waals surface area contributed by atoms with Crippen molar-refractivity contribution in [3.05, 3.63) is 68.5 Å². The highest BCUT2D eigenvalue weighted by molar-refractivity contribution is 7.98. The van der Waals surface area contributed by atoms with Crippen molar-refractivity contribution in [1.82, 2.24) is 24.1 Å². The lowest BCUT2D eigenvalue weighted by atomic mass is 10.2. The van der Waals surface area contributed by atoms with E-state index >= 15 is 0 Å². The summed E-state index contributed by atoms with van der Waals surface area (Å²) in [4.78, 5) is 33.8. The molecule has 9 heteroatoms. The van der Waals surface area contributed by atoms with E-state index in [1.165, 1.54) is 28.5 Å². The van der Waals surface area contributed by atoms with Crippen LogP contribution in [-0.4, -0.2) is 24.1 Å². The number of hydrogen-bond acceptors (Lipinski definition) is 6. The van der Waals surface area contributed by atoms with E-state index in [0.717, 1.165) is 0 Å². The number of H-pyrrole nitrogens is 1. The Labute approximate surface area is 157 Å². The molecular formula is C18H14N6O2S. The van der Waals surface area contributed by atoms with E-state index in [1.54, 1.807) is 16.7 Å². The monoisotopic (exact) mass is 378 g/mol. The standard InChI is InChI=1S/C18H14N6O2S/c1-2-23-17(26)13-5-3-4-6-14(13)22-18(23)27-10-12-7-15(25)24-16(21-12)11(8-19)9-20-24/h3-7,9,20H,2,10H2,1H3. The molecule has 134 valence electrons. The summed E-state index contributed by atoms with van der Waals surface area (Å²) in [5.41, 5.74) is 1.36. The molecule has 3 aromatic heterocycles. The molecule has 1 N–H and O–H groups in total. The van der Waals surface area contributed by atoms with Gasteiger partial charge in [0.2, 0.25) is 0 Å². The van der Waals surface area contributed by atoms with Crippen LogP contribution in [0.1, 0.15) is 18.2 Å². The normalized spacial score (nSPS) is 11.1. The molecule has 0 aliphatic carbocycles. The van der Waals surface area contributed by atoms with E-state index in [1.807, 2.05) is 25.1 Å². The molecule has 0 spiro atoms. The van der Waals surface area contributed by atoms with Gasteiger partial charge < -0.3 is 0 Å². The third-order valence-corrected chi connectivity index (χ3v) is 5.17. The van der Waals surface area contributed by atoms with Gasteiger partial charge in [0.1, 0.15) is 11.6 Å². The van der Waals surface area contributed by atoms with Crippen molar-refractivity contribution in [2.45, 2.75) is 24.4 Å². The molecule has 0 aliphatic heterocycles. The number of nitrogens with one attached hydrogen (secondary N) is 1. The SMILES string of the molecule is CCn1c(SCc2cc(=O)n3[nH]cc(C#N)c3n2)nc2ccccc2c1=O. The van der Waals surface area contributed by atoms with Crippen LogP contribution in [0.15, 0.2) is 51.3 Å². The Morgan fingerprint density at radius 3 is 2.85 bits per heavy atom. The van der Waals surface area contributed by atoms with Crippen LogP contribution in [0.5, 0.6) is 0 Å². The van der Waals surface area contributed by atoms with Gasteiger partial charge in [0.25, 0.3) is 11.1 Å². The summed E-state index contributed by atoms with van der Waals surface area (Å²) in [6.07, 6.45) is 1.44. The lowest BCUT2D eigenvalue weighted by Gasteiger charge is -2.11. The molecular weight excluding hydrogens is 364 g/mol. The fourth-order valence-corrected chi connectivity index (χ4v) is 3.82. The summed E-state index contributed by atoms with van der Waals surface area (Å²) in [7, 11) is 0. The van der Waals surface area contributed by atoms with Crippen LogP contribution < -0.4 is 11.1 Å². The lowest BCUT2D eigenvalue weighted by Crippen LogP contribution is -2.22. The molecule has 1 aromatic carbocycles. The second-order valence-corrected chi connectivity index (χ2v) is 6.74. The maximum absolute atomic E-state index is 12.7. The third kappa shape index (κ3) is 2.90. The Hall–Kier alpha value is -3.38. The molecule has 0 aliphatic rings. The van der Waals surface area contributed by atoms with Crippen molar-refractivity contribution in [2.75, 3.05) is 0 Å². The molecule has 4 aromatic rings. The van der Waals surface area contributed by atoms with Crippen molar-refractivity contribution in [2.24, 2.45) is 0 Å². The smallest absolute Gasteiger partial charge is 0.272 e. The second kappa shape index (κ2) is 6.74. The molecule has 0 saturated heterocycles. The number of aromatic nitrogens is 5. The number of rotatable bonds is 4. The largest absolute Gasteiger partial charge is 0.295 e. The average Bonchev–Trinajstić information content (AvgIpc) is 3.10. The van der Waals surface area contributed by atoms with Gasteiger partial charge in [-0.25, -0.2) is 14.5 Å². The summed E-state index contributed by atoms with van der Waals surface area (Å²) in [6, 6.07) is 10.6. The molecule has 0 saturated carbocycles. The number of aromatic amines is 1. The molecule has 0 unspecified atom stereocenters. The van der Waals surface area contributed by atoms with E-state index in [4.69, 9.17) is 5.26 Å². The van der Waals surface area contributed by atoms with Gasteiger partial charge in [0, 0.05) is 24.6 Å². The van der Waals surface area contributed by atoms with Crippen LogP contribution in [0.3, 0.4) is 0 Å². The number of fused-ring (bicyclic) bond motifs is 2. The summed E-state index contributed by atoms with van der Waals surface area (Å²) in [5, 5.41) is 13.0. The van der Waals surface area contributed by atoms with Gasteiger partial charge in [-0.1, -0.05) is 23.9 Å². The van der Waals surface area contributed by atoms with Crippen LogP contribution in [-0.2, 0) is 12.3 Å². The van der Waals surface area contributed by atoms with Crippen LogP contribution in [0.2, 0.25) is 0 Å². The Bertz CT molecular complexity index is 1330. The maximum atomic E-state index is 12.7. The number of nitriles is 1. The van der Waals surface area contributed by atoms with Gasteiger partial charge in [-0.15, -0.1) is 0 Å². The minimum absolute atomic E-state index is 0.0912. The van der Waals surface area contributed by atoms with Gasteiger partial charge in [-0.05, 0) is 19.1 Å². The van der Waals surface area contributed by atoms with Crippen LogP contribution in [0.4, 0.5) is 0 Å². The number of benzene rings is 1. The molecule has 4 rings (SSSR count). The van der Waals surface area contributed by atoms with E-state index in [0.29, 0.717) is 45.3 Å². The maximum Gasteiger partial charge on any atom is 0.272 e. The molecule has 0 atom stereocenters. The van der Waals surface area contributed by atoms with Crippen molar-refractivity contribution in [3.8, 4) is 6.07 Å². The first-order valence-electron chi connectivity index (χ1n) is 8.25. The zero-order chi connectivity index (χ0) is 19.0. The predicted molar refractivity (Wildman–Crippen MR) is 102 cm³/mol. The quantitative estimate of drug-likeness (QED) is 0.429. The van der Waals surface area contributed by atoms with Crippen molar-refractivity contribution >= 4 is 28.3 Å². The Morgan fingerprint density at radius 1 is 1.26 bits per heavy atom. The topological polar surface area (TPSA) is 109 Å².